The Kier molecular flexibility index (Phi) is 5.40. The van der Waals surface area contributed by atoms with E-state index in [4.69, 9.17) is 4.74 Å². The van der Waals surface area contributed by atoms with Gasteiger partial charge in [-0.15, -0.1) is 0 Å². The summed E-state index contributed by atoms with van der Waals surface area (Å²) < 4.78 is 5.78. The first-order valence-electron chi connectivity index (χ1n) is 5.65. The third kappa shape index (κ3) is 4.63. The van der Waals surface area contributed by atoms with E-state index in [0.717, 1.165) is 19.1 Å². The highest BCUT2D eigenvalue weighted by atomic mass is 16.5. The SMILES string of the molecule is CCCC(C)OCC1CCCNC1. The van der Waals surface area contributed by atoms with Crippen LogP contribution in [0.15, 0.2) is 0 Å². The van der Waals surface area contributed by atoms with Crippen molar-refractivity contribution in [2.45, 2.75) is 45.6 Å². The molecule has 78 valence electrons. The zero-order valence-corrected chi connectivity index (χ0v) is 9.01. The van der Waals surface area contributed by atoms with Crippen LogP contribution in [0.1, 0.15) is 39.5 Å². The molecule has 1 aliphatic heterocycles. The van der Waals surface area contributed by atoms with Crippen LogP contribution in [0.2, 0.25) is 0 Å². The van der Waals surface area contributed by atoms with Gasteiger partial charge in [0.15, 0.2) is 0 Å². The van der Waals surface area contributed by atoms with Gasteiger partial charge in [-0.3, -0.25) is 0 Å². The first-order valence-corrected chi connectivity index (χ1v) is 5.65. The number of ether oxygens (including phenoxy) is 1. The Morgan fingerprint density at radius 3 is 3.00 bits per heavy atom. The van der Waals surface area contributed by atoms with Crippen LogP contribution in [-0.2, 0) is 4.74 Å². The van der Waals surface area contributed by atoms with Gasteiger partial charge in [0.05, 0.1) is 12.7 Å². The van der Waals surface area contributed by atoms with Crippen molar-refractivity contribution in [3.05, 3.63) is 0 Å². The average molecular weight is 185 g/mol. The summed E-state index contributed by atoms with van der Waals surface area (Å²) in [6.45, 7) is 7.69. The molecule has 2 unspecified atom stereocenters. The van der Waals surface area contributed by atoms with Gasteiger partial charge in [-0.2, -0.15) is 0 Å². The molecule has 1 saturated heterocycles. The van der Waals surface area contributed by atoms with Gasteiger partial charge in [0.1, 0.15) is 0 Å². The monoisotopic (exact) mass is 185 g/mol. The fraction of sp³-hybridized carbons (Fsp3) is 1.00. The first kappa shape index (κ1) is 11.0. The van der Waals surface area contributed by atoms with Crippen LogP contribution in [0.25, 0.3) is 0 Å². The topological polar surface area (TPSA) is 21.3 Å². The van der Waals surface area contributed by atoms with Crippen molar-refractivity contribution >= 4 is 0 Å². The molecule has 0 aromatic heterocycles. The number of nitrogens with one attached hydrogen (secondary N) is 1. The van der Waals surface area contributed by atoms with Crippen LogP contribution in [0.5, 0.6) is 0 Å². The number of rotatable bonds is 5. The van der Waals surface area contributed by atoms with Gasteiger partial charge in [0.25, 0.3) is 0 Å². The second-order valence-corrected chi connectivity index (χ2v) is 4.15. The quantitative estimate of drug-likeness (QED) is 0.709. The van der Waals surface area contributed by atoms with Crippen LogP contribution in [0.4, 0.5) is 0 Å². The molecule has 2 heteroatoms. The maximum absolute atomic E-state index is 5.78. The zero-order valence-electron chi connectivity index (χ0n) is 9.01. The molecule has 1 aliphatic rings. The van der Waals surface area contributed by atoms with E-state index in [2.05, 4.69) is 19.2 Å². The average Bonchev–Trinajstić information content (AvgIpc) is 2.17. The van der Waals surface area contributed by atoms with E-state index in [1.165, 1.54) is 32.2 Å². The number of hydrogen-bond acceptors (Lipinski definition) is 2. The molecule has 0 aromatic carbocycles. The Morgan fingerprint density at radius 1 is 1.54 bits per heavy atom. The first-order chi connectivity index (χ1) is 6.33. The number of piperidine rings is 1. The molecule has 0 spiro atoms. The maximum Gasteiger partial charge on any atom is 0.0547 e. The Morgan fingerprint density at radius 2 is 2.38 bits per heavy atom. The molecule has 1 rings (SSSR count). The van der Waals surface area contributed by atoms with Crippen molar-refractivity contribution in [3.63, 3.8) is 0 Å². The van der Waals surface area contributed by atoms with Gasteiger partial charge in [-0.05, 0) is 38.6 Å². The lowest BCUT2D eigenvalue weighted by molar-refractivity contribution is 0.0295. The second-order valence-electron chi connectivity index (χ2n) is 4.15. The minimum atomic E-state index is 0.451. The van der Waals surface area contributed by atoms with Gasteiger partial charge >= 0.3 is 0 Å². The number of hydrogen-bond donors (Lipinski definition) is 1. The normalized spacial score (nSPS) is 25.8. The standard InChI is InChI=1S/C11H23NO/c1-3-5-10(2)13-9-11-6-4-7-12-8-11/h10-12H,3-9H2,1-2H3. The molecular formula is C11H23NO. The fourth-order valence-electron chi connectivity index (χ4n) is 1.86. The molecular weight excluding hydrogens is 162 g/mol. The van der Waals surface area contributed by atoms with Crippen LogP contribution in [0.3, 0.4) is 0 Å². The molecule has 0 saturated carbocycles. The molecule has 0 bridgehead atoms. The summed E-state index contributed by atoms with van der Waals surface area (Å²) in [7, 11) is 0. The summed E-state index contributed by atoms with van der Waals surface area (Å²) in [5, 5.41) is 3.41. The van der Waals surface area contributed by atoms with Crippen LogP contribution >= 0.6 is 0 Å². The van der Waals surface area contributed by atoms with E-state index in [0.29, 0.717) is 6.10 Å². The van der Waals surface area contributed by atoms with E-state index in [1.54, 1.807) is 0 Å². The van der Waals surface area contributed by atoms with E-state index in [1.807, 2.05) is 0 Å². The highest BCUT2D eigenvalue weighted by molar-refractivity contribution is 4.68. The summed E-state index contributed by atoms with van der Waals surface area (Å²) in [6, 6.07) is 0. The van der Waals surface area contributed by atoms with Crippen molar-refractivity contribution in [1.82, 2.24) is 5.32 Å². The predicted molar refractivity (Wildman–Crippen MR) is 55.9 cm³/mol. The van der Waals surface area contributed by atoms with E-state index in [9.17, 15) is 0 Å². The Labute approximate surface area is 82.0 Å². The summed E-state index contributed by atoms with van der Waals surface area (Å²) in [5.41, 5.74) is 0. The summed E-state index contributed by atoms with van der Waals surface area (Å²) in [5.74, 6) is 0.757. The van der Waals surface area contributed by atoms with Crippen LogP contribution in [0, 0.1) is 5.92 Å². The third-order valence-corrected chi connectivity index (χ3v) is 2.71. The maximum atomic E-state index is 5.78. The molecule has 1 fully saturated rings. The van der Waals surface area contributed by atoms with Crippen molar-refractivity contribution in [2.24, 2.45) is 5.92 Å². The molecule has 0 radical (unpaired) electrons. The third-order valence-electron chi connectivity index (χ3n) is 2.71. The van der Waals surface area contributed by atoms with Crippen LogP contribution < -0.4 is 5.32 Å². The molecule has 13 heavy (non-hydrogen) atoms. The van der Waals surface area contributed by atoms with Crippen molar-refractivity contribution in [1.29, 1.82) is 0 Å². The summed E-state index contributed by atoms with van der Waals surface area (Å²) in [4.78, 5) is 0. The molecule has 2 nitrogen and oxygen atoms in total. The fourth-order valence-corrected chi connectivity index (χ4v) is 1.86. The second kappa shape index (κ2) is 6.39. The van der Waals surface area contributed by atoms with Crippen LogP contribution in [-0.4, -0.2) is 25.8 Å². The summed E-state index contributed by atoms with van der Waals surface area (Å²) in [6.07, 6.45) is 5.53. The molecule has 0 aromatic rings. The van der Waals surface area contributed by atoms with Gasteiger partial charge in [-0.1, -0.05) is 13.3 Å². The lowest BCUT2D eigenvalue weighted by Crippen LogP contribution is -2.33. The Hall–Kier alpha value is -0.0800. The Bertz CT molecular complexity index is 121. The lowest BCUT2D eigenvalue weighted by atomic mass is 10.0. The molecule has 2 atom stereocenters. The molecule has 1 heterocycles. The van der Waals surface area contributed by atoms with Gasteiger partial charge in [0, 0.05) is 6.54 Å². The Balaban J connectivity index is 2.03. The van der Waals surface area contributed by atoms with Crippen molar-refractivity contribution in [3.8, 4) is 0 Å². The minimum absolute atomic E-state index is 0.451. The minimum Gasteiger partial charge on any atom is -0.378 e. The van der Waals surface area contributed by atoms with Gasteiger partial charge in [0.2, 0.25) is 0 Å². The van der Waals surface area contributed by atoms with Crippen molar-refractivity contribution < 1.29 is 4.74 Å². The summed E-state index contributed by atoms with van der Waals surface area (Å²) >= 11 is 0. The molecule has 1 N–H and O–H groups in total. The highest BCUT2D eigenvalue weighted by Gasteiger charge is 2.13. The zero-order chi connectivity index (χ0) is 9.52. The lowest BCUT2D eigenvalue weighted by Gasteiger charge is -2.24. The molecule has 0 amide bonds. The largest absolute Gasteiger partial charge is 0.378 e. The highest BCUT2D eigenvalue weighted by Crippen LogP contribution is 2.12. The smallest absolute Gasteiger partial charge is 0.0547 e. The van der Waals surface area contributed by atoms with Gasteiger partial charge in [-0.25, -0.2) is 0 Å². The predicted octanol–water partition coefficient (Wildman–Crippen LogP) is 2.19. The molecule has 0 aliphatic carbocycles. The van der Waals surface area contributed by atoms with E-state index >= 15 is 0 Å². The van der Waals surface area contributed by atoms with Crippen molar-refractivity contribution in [2.75, 3.05) is 19.7 Å². The van der Waals surface area contributed by atoms with E-state index < -0.39 is 0 Å². The van der Waals surface area contributed by atoms with E-state index in [-0.39, 0.29) is 0 Å². The van der Waals surface area contributed by atoms with Gasteiger partial charge < -0.3 is 10.1 Å².